The second-order valence-corrected chi connectivity index (χ2v) is 9.04. The maximum Gasteiger partial charge on any atom is 0.232 e. The summed E-state index contributed by atoms with van der Waals surface area (Å²) in [5.41, 5.74) is 9.59. The number of aromatic nitrogens is 1. The van der Waals surface area contributed by atoms with Crippen molar-refractivity contribution in [2.75, 3.05) is 27.3 Å². The summed E-state index contributed by atoms with van der Waals surface area (Å²) in [5.74, 6) is -0.506. The fraction of sp³-hybridized carbons (Fsp3) is 0.762. The molecular weight excluding hydrogens is 432 g/mol. The normalized spacial score (nSPS) is 14.9. The molecule has 1 heterocycles. The summed E-state index contributed by atoms with van der Waals surface area (Å²) in [7, 11) is 3.12. The Morgan fingerprint density at radius 2 is 2.09 bits per heavy atom. The Morgan fingerprint density at radius 3 is 2.62 bits per heavy atom. The van der Waals surface area contributed by atoms with Crippen LogP contribution in [-0.2, 0) is 20.7 Å². The van der Waals surface area contributed by atoms with Crippen LogP contribution in [0.2, 0.25) is 0 Å². The highest BCUT2D eigenvalue weighted by atomic mass is 32.1. The number of aliphatic hydroxyl groups excluding tert-OH is 1. The molecule has 0 aliphatic heterocycles. The smallest absolute Gasteiger partial charge is 0.232 e. The second-order valence-electron chi connectivity index (χ2n) is 8.15. The first-order valence-corrected chi connectivity index (χ1v) is 11.7. The van der Waals surface area contributed by atoms with Crippen molar-refractivity contribution in [3.8, 4) is 0 Å². The fourth-order valence-corrected chi connectivity index (χ4v) is 4.20. The van der Waals surface area contributed by atoms with Crippen LogP contribution in [0.25, 0.3) is 10.4 Å². The number of rotatable bonds is 14. The third-order valence-corrected chi connectivity index (χ3v) is 6.54. The van der Waals surface area contributed by atoms with Crippen molar-refractivity contribution in [3.63, 3.8) is 0 Å². The number of hydrogen-bond donors (Lipinski definition) is 2. The molecule has 0 unspecified atom stereocenters. The minimum absolute atomic E-state index is 0.0272. The minimum atomic E-state index is -0.898. The molecule has 0 saturated carbocycles. The van der Waals surface area contributed by atoms with Gasteiger partial charge < -0.3 is 20.1 Å². The van der Waals surface area contributed by atoms with Crippen LogP contribution < -0.4 is 5.32 Å². The average Bonchev–Trinajstić information content (AvgIpc) is 3.24. The third kappa shape index (κ3) is 8.05. The highest BCUT2D eigenvalue weighted by molar-refractivity contribution is 7.09. The molecule has 4 atom stereocenters. The molecule has 1 aromatic rings. The van der Waals surface area contributed by atoms with Gasteiger partial charge in [-0.2, -0.15) is 0 Å². The maximum atomic E-state index is 13.4. The van der Waals surface area contributed by atoms with Gasteiger partial charge in [-0.3, -0.25) is 9.59 Å². The van der Waals surface area contributed by atoms with Gasteiger partial charge in [0.05, 0.1) is 18.7 Å². The SMILES string of the molecule is CC[C@H](C)[C@H](N=[N+]=[N-])C(=O)N(CCOC)[C@H](C[C@@H](O)c1nc(CC(=O)NC)cs1)C(C)C. The molecule has 11 heteroatoms. The van der Waals surface area contributed by atoms with Crippen LogP contribution in [0.3, 0.4) is 0 Å². The predicted molar refractivity (Wildman–Crippen MR) is 124 cm³/mol. The van der Waals surface area contributed by atoms with Crippen LogP contribution in [0.1, 0.15) is 57.3 Å². The number of likely N-dealkylation sites (N-methyl/N-ethyl adjacent to an activating group) is 1. The van der Waals surface area contributed by atoms with Crippen LogP contribution in [0, 0.1) is 11.8 Å². The first-order chi connectivity index (χ1) is 15.2. The number of nitrogens with one attached hydrogen (secondary N) is 1. The van der Waals surface area contributed by atoms with Crippen molar-refractivity contribution in [1.82, 2.24) is 15.2 Å². The summed E-state index contributed by atoms with van der Waals surface area (Å²) in [4.78, 5) is 34.0. The van der Waals surface area contributed by atoms with Crippen LogP contribution in [0.15, 0.2) is 10.5 Å². The number of azide groups is 1. The summed E-state index contributed by atoms with van der Waals surface area (Å²) in [6.07, 6.45) is 0.207. The van der Waals surface area contributed by atoms with Crippen molar-refractivity contribution in [3.05, 3.63) is 26.5 Å². The zero-order chi connectivity index (χ0) is 24.3. The Bertz CT molecular complexity index is 780. The Morgan fingerprint density at radius 1 is 1.41 bits per heavy atom. The number of methoxy groups -OCH3 is 1. The van der Waals surface area contributed by atoms with Crippen molar-refractivity contribution >= 4 is 23.2 Å². The number of aliphatic hydroxyl groups is 1. The van der Waals surface area contributed by atoms with E-state index in [1.807, 2.05) is 27.7 Å². The van der Waals surface area contributed by atoms with E-state index < -0.39 is 12.1 Å². The topological polar surface area (TPSA) is 141 Å². The van der Waals surface area contributed by atoms with Gasteiger partial charge in [0, 0.05) is 43.5 Å². The van der Waals surface area contributed by atoms with Gasteiger partial charge >= 0.3 is 0 Å². The number of nitrogens with zero attached hydrogens (tertiary/aromatic N) is 5. The summed E-state index contributed by atoms with van der Waals surface area (Å²) in [6, 6.07) is -1.14. The lowest BCUT2D eigenvalue weighted by Crippen LogP contribution is -2.50. The summed E-state index contributed by atoms with van der Waals surface area (Å²) >= 11 is 1.29. The van der Waals surface area contributed by atoms with E-state index in [9.17, 15) is 14.7 Å². The standard InChI is InChI=1S/C21H36N6O4S/c1-7-14(4)19(25-26-22)21(30)27(8-9-31-6)16(13(2)3)11-17(28)20-24-15(12-32-20)10-18(29)23-5/h12-14,16-17,19,28H,7-11H2,1-6H3,(H,23,29)/t14-,16+,17+,19-/m0/s1. The largest absolute Gasteiger partial charge is 0.386 e. The molecule has 0 bridgehead atoms. The Balaban J connectivity index is 3.14. The minimum Gasteiger partial charge on any atom is -0.386 e. The fourth-order valence-electron chi connectivity index (χ4n) is 3.38. The third-order valence-electron chi connectivity index (χ3n) is 5.54. The molecule has 1 aromatic heterocycles. The van der Waals surface area contributed by atoms with E-state index in [1.54, 1.807) is 24.4 Å². The molecule has 0 fully saturated rings. The summed E-state index contributed by atoms with van der Waals surface area (Å²) < 4.78 is 5.21. The summed E-state index contributed by atoms with van der Waals surface area (Å²) in [6.45, 7) is 8.43. The van der Waals surface area contributed by atoms with Crippen LogP contribution in [0.4, 0.5) is 0 Å². The summed E-state index contributed by atoms with van der Waals surface area (Å²) in [5, 5.41) is 19.5. The number of thiazole rings is 1. The molecule has 10 nitrogen and oxygen atoms in total. The van der Waals surface area contributed by atoms with Crippen LogP contribution in [-0.4, -0.2) is 66.2 Å². The first-order valence-electron chi connectivity index (χ1n) is 10.9. The molecule has 180 valence electrons. The molecule has 0 aliphatic rings. The van der Waals surface area contributed by atoms with E-state index in [2.05, 4.69) is 20.3 Å². The highest BCUT2D eigenvalue weighted by Crippen LogP contribution is 2.29. The molecule has 0 saturated heterocycles. The van der Waals surface area contributed by atoms with Gasteiger partial charge in [-0.05, 0) is 17.4 Å². The van der Waals surface area contributed by atoms with E-state index >= 15 is 0 Å². The molecule has 0 aromatic carbocycles. The Labute approximate surface area is 194 Å². The molecule has 0 aliphatic carbocycles. The van der Waals surface area contributed by atoms with Gasteiger partial charge in [0.15, 0.2) is 0 Å². The number of ether oxygens (including phenoxy) is 1. The van der Waals surface area contributed by atoms with Crippen molar-refractivity contribution in [2.45, 2.75) is 65.1 Å². The highest BCUT2D eigenvalue weighted by Gasteiger charge is 2.34. The lowest BCUT2D eigenvalue weighted by atomic mass is 9.93. The van der Waals surface area contributed by atoms with Crippen molar-refractivity contribution in [1.29, 1.82) is 0 Å². The maximum absolute atomic E-state index is 13.4. The van der Waals surface area contributed by atoms with Gasteiger partial charge in [0.25, 0.3) is 0 Å². The number of carbonyl (C=O) groups is 2. The monoisotopic (exact) mass is 468 g/mol. The van der Waals surface area contributed by atoms with Gasteiger partial charge in [-0.25, -0.2) is 4.98 Å². The second kappa shape index (κ2) is 14.1. The van der Waals surface area contributed by atoms with E-state index in [1.165, 1.54) is 11.3 Å². The van der Waals surface area contributed by atoms with Crippen LogP contribution >= 0.6 is 11.3 Å². The average molecular weight is 469 g/mol. The van der Waals surface area contributed by atoms with Crippen molar-refractivity contribution < 1.29 is 19.4 Å². The quantitative estimate of drug-likeness (QED) is 0.245. The van der Waals surface area contributed by atoms with E-state index in [-0.39, 0.29) is 42.5 Å². The molecule has 0 radical (unpaired) electrons. The van der Waals surface area contributed by atoms with Crippen molar-refractivity contribution in [2.24, 2.45) is 17.0 Å². The van der Waals surface area contributed by atoms with E-state index in [4.69, 9.17) is 10.3 Å². The lowest BCUT2D eigenvalue weighted by Gasteiger charge is -2.37. The van der Waals surface area contributed by atoms with Crippen LogP contribution in [0.5, 0.6) is 0 Å². The molecule has 2 N–H and O–H groups in total. The Hall–Kier alpha value is -2.20. The van der Waals surface area contributed by atoms with Gasteiger partial charge in [0.1, 0.15) is 17.2 Å². The van der Waals surface area contributed by atoms with Gasteiger partial charge in [-0.1, -0.05) is 39.2 Å². The van der Waals surface area contributed by atoms with E-state index in [0.717, 1.165) is 0 Å². The molecule has 32 heavy (non-hydrogen) atoms. The van der Waals surface area contributed by atoms with E-state index in [0.29, 0.717) is 30.3 Å². The predicted octanol–water partition coefficient (Wildman–Crippen LogP) is 3.08. The lowest BCUT2D eigenvalue weighted by molar-refractivity contribution is -0.138. The molecule has 0 spiro atoms. The molecule has 2 amide bonds. The zero-order valence-corrected chi connectivity index (χ0v) is 20.6. The molecular formula is C21H36N6O4S. The number of hydrogen-bond acceptors (Lipinski definition) is 7. The van der Waals surface area contributed by atoms with Gasteiger partial charge in [0.2, 0.25) is 11.8 Å². The Kier molecular flexibility index (Phi) is 12.2. The zero-order valence-electron chi connectivity index (χ0n) is 19.8. The molecule has 1 rings (SSSR count). The number of amides is 2. The van der Waals surface area contributed by atoms with Gasteiger partial charge in [-0.15, -0.1) is 11.3 Å². The first kappa shape index (κ1) is 27.8. The number of carbonyl (C=O) groups excluding carboxylic acids is 2.